The first-order valence-corrected chi connectivity index (χ1v) is 7.71. The average molecular weight is 496 g/mol. The molecular weight excluding hydrogens is 476 g/mol. The van der Waals surface area contributed by atoms with Crippen LogP contribution in [0, 0.1) is 0 Å². The Morgan fingerprint density at radius 2 is 1.78 bits per heavy atom. The normalized spacial score (nSPS) is 11.0. The van der Waals surface area contributed by atoms with E-state index >= 15 is 0 Å². The lowest BCUT2D eigenvalue weighted by atomic mass is 10.1. The van der Waals surface area contributed by atoms with E-state index in [0.29, 0.717) is 0 Å². The molecule has 142 valence electrons. The Bertz CT molecular complexity index is 935. The Morgan fingerprint density at radius 1 is 1.04 bits per heavy atom. The number of nitrogens with one attached hydrogen (secondary N) is 2. The molecule has 0 spiro atoms. The Labute approximate surface area is 178 Å². The smallest absolute Gasteiger partial charge is 0.286 e. The van der Waals surface area contributed by atoms with Crippen molar-refractivity contribution in [2.75, 3.05) is 0 Å². The lowest BCUT2D eigenvalue weighted by molar-refractivity contribution is -0.510. The Balaban J connectivity index is 0.00000182. The number of aryl methyl sites for hydroxylation is 1. The quantitative estimate of drug-likeness (QED) is 0.184. The molecule has 3 aromatic rings. The monoisotopic (exact) mass is 494 g/mol. The van der Waals surface area contributed by atoms with Crippen LogP contribution in [0.15, 0.2) is 65.1 Å². The molecule has 0 radical (unpaired) electrons. The second-order valence-electron chi connectivity index (χ2n) is 5.32. The summed E-state index contributed by atoms with van der Waals surface area (Å²) in [6.07, 6.45) is 11.2. The summed E-state index contributed by atoms with van der Waals surface area (Å²) in [7, 11) is 2.05. The van der Waals surface area contributed by atoms with E-state index in [1.165, 1.54) is 6.34 Å². The first kappa shape index (κ1) is 22.6. The van der Waals surface area contributed by atoms with Gasteiger partial charge in [-0.05, 0) is 23.3 Å². The Morgan fingerprint density at radius 3 is 2.48 bits per heavy atom. The van der Waals surface area contributed by atoms with Crippen molar-refractivity contribution in [1.29, 1.82) is 0 Å². The highest BCUT2D eigenvalue weighted by Crippen LogP contribution is 2.10. The number of aromatic nitrogens is 2. The third-order valence-corrected chi connectivity index (χ3v) is 3.72. The van der Waals surface area contributed by atoms with Gasteiger partial charge in [0.05, 0.1) is 19.5 Å². The van der Waals surface area contributed by atoms with Gasteiger partial charge in [0.1, 0.15) is 12.5 Å². The molecule has 0 fully saturated rings. The fourth-order valence-corrected chi connectivity index (χ4v) is 2.43. The van der Waals surface area contributed by atoms with Crippen molar-refractivity contribution < 1.29 is 26.6 Å². The number of halogens is 2. The maximum Gasteiger partial charge on any atom is 0.286 e. The first-order valence-electron chi connectivity index (χ1n) is 7.71. The molecule has 0 aliphatic heterocycles. The number of imidazole rings is 1. The number of pyridine rings is 1. The standard InChI is InChI=1S/C18H19N6O.2BrH/c1-23-17(13-24-11-3-2-4-18(23)24)10-9-15-5-7-16(8-6-15)12-19-20-14-21-22-25;;/h2-14,22,25H,1H3,(H,20,21);2*1H/q+1;;/p-1/b10-9+,19-12+;;. The van der Waals surface area contributed by atoms with Gasteiger partial charge in [-0.3, -0.25) is 10.6 Å². The van der Waals surface area contributed by atoms with Gasteiger partial charge in [-0.1, -0.05) is 36.4 Å². The maximum atomic E-state index is 8.26. The van der Waals surface area contributed by atoms with Crippen LogP contribution in [0.5, 0.6) is 0 Å². The number of hydrazone groups is 2. The molecule has 1 aromatic carbocycles. The van der Waals surface area contributed by atoms with Gasteiger partial charge in [0.15, 0.2) is 5.69 Å². The van der Waals surface area contributed by atoms with Crippen LogP contribution in [-0.2, 0) is 7.05 Å². The summed E-state index contributed by atoms with van der Waals surface area (Å²) in [6.45, 7) is 0. The van der Waals surface area contributed by atoms with E-state index < -0.39 is 0 Å². The van der Waals surface area contributed by atoms with E-state index in [1.54, 1.807) is 11.8 Å². The van der Waals surface area contributed by atoms with Crippen LogP contribution in [0.25, 0.3) is 17.8 Å². The molecule has 3 rings (SSSR count). The number of hydrogen-bond acceptors (Lipinski definition) is 4. The predicted octanol–water partition coefficient (Wildman–Crippen LogP) is -0.638. The summed E-state index contributed by atoms with van der Waals surface area (Å²) in [6, 6.07) is 14.1. The SMILES string of the molecule is Br.Cn1c(/C=C/c2ccc(/C=N/N/C=N/NO)cc2)c[n+]2ccccc12.[Br-]. The van der Waals surface area contributed by atoms with Crippen LogP contribution in [0.2, 0.25) is 0 Å². The van der Waals surface area contributed by atoms with Crippen LogP contribution in [0.1, 0.15) is 16.8 Å². The van der Waals surface area contributed by atoms with Gasteiger partial charge in [0.2, 0.25) is 0 Å². The van der Waals surface area contributed by atoms with Crippen LogP contribution < -0.4 is 32.4 Å². The largest absolute Gasteiger partial charge is 1.00 e. The number of fused-ring (bicyclic) bond motifs is 1. The van der Waals surface area contributed by atoms with E-state index in [4.69, 9.17) is 5.21 Å². The minimum atomic E-state index is 0. The summed E-state index contributed by atoms with van der Waals surface area (Å²) >= 11 is 0. The molecule has 27 heavy (non-hydrogen) atoms. The van der Waals surface area contributed by atoms with E-state index in [9.17, 15) is 0 Å². The molecule has 7 nitrogen and oxygen atoms in total. The van der Waals surface area contributed by atoms with Gasteiger partial charge in [-0.25, -0.2) is 8.97 Å². The third-order valence-electron chi connectivity index (χ3n) is 3.72. The molecule has 2 heterocycles. The zero-order valence-electron chi connectivity index (χ0n) is 14.5. The second kappa shape index (κ2) is 11.3. The van der Waals surface area contributed by atoms with E-state index in [0.717, 1.165) is 22.5 Å². The van der Waals surface area contributed by atoms with Crippen LogP contribution in [0.4, 0.5) is 0 Å². The second-order valence-corrected chi connectivity index (χ2v) is 5.32. The minimum absolute atomic E-state index is 0. The summed E-state index contributed by atoms with van der Waals surface area (Å²) < 4.78 is 4.24. The van der Waals surface area contributed by atoms with E-state index in [2.05, 4.69) is 56.1 Å². The van der Waals surface area contributed by atoms with Crippen molar-refractivity contribution in [2.45, 2.75) is 0 Å². The van der Waals surface area contributed by atoms with Gasteiger partial charge >= 0.3 is 0 Å². The van der Waals surface area contributed by atoms with Gasteiger partial charge in [-0.2, -0.15) is 10.7 Å². The van der Waals surface area contributed by atoms with E-state index in [1.807, 2.05) is 42.6 Å². The highest BCUT2D eigenvalue weighted by atomic mass is 79.9. The van der Waals surface area contributed by atoms with Crippen molar-refractivity contribution in [2.24, 2.45) is 17.3 Å². The maximum absolute atomic E-state index is 8.26. The zero-order chi connectivity index (χ0) is 17.5. The molecule has 0 aliphatic rings. The number of benzene rings is 1. The van der Waals surface area contributed by atoms with Gasteiger partial charge in [0.25, 0.3) is 5.65 Å². The summed E-state index contributed by atoms with van der Waals surface area (Å²) in [5.41, 5.74) is 8.51. The van der Waals surface area contributed by atoms with Gasteiger partial charge in [-0.15, -0.1) is 22.1 Å². The fraction of sp³-hybridized carbons (Fsp3) is 0.0556. The van der Waals surface area contributed by atoms with Crippen molar-refractivity contribution >= 4 is 47.3 Å². The van der Waals surface area contributed by atoms with Crippen molar-refractivity contribution in [3.8, 4) is 0 Å². The molecule has 2 aromatic heterocycles. The van der Waals surface area contributed by atoms with Crippen LogP contribution in [-0.4, -0.2) is 22.3 Å². The first-order chi connectivity index (χ1) is 12.3. The molecule has 9 heteroatoms. The Kier molecular flexibility index (Phi) is 9.41. The fourth-order valence-electron chi connectivity index (χ4n) is 2.43. The van der Waals surface area contributed by atoms with Gasteiger partial charge in [0, 0.05) is 6.07 Å². The summed E-state index contributed by atoms with van der Waals surface area (Å²) in [5, 5.41) is 15.5. The molecule has 0 saturated carbocycles. The van der Waals surface area contributed by atoms with Gasteiger partial charge < -0.3 is 17.0 Å². The molecule has 3 N–H and O–H groups in total. The lowest BCUT2D eigenvalue weighted by Crippen LogP contribution is -3.00. The molecule has 0 bridgehead atoms. The molecule has 0 saturated heterocycles. The molecule has 0 aliphatic carbocycles. The highest BCUT2D eigenvalue weighted by molar-refractivity contribution is 8.93. The van der Waals surface area contributed by atoms with Crippen molar-refractivity contribution in [3.63, 3.8) is 0 Å². The summed E-state index contributed by atoms with van der Waals surface area (Å²) in [4.78, 5) is 0. The third kappa shape index (κ3) is 6.02. The molecule has 0 atom stereocenters. The highest BCUT2D eigenvalue weighted by Gasteiger charge is 2.10. The minimum Gasteiger partial charge on any atom is -1.00 e. The Hall–Kier alpha value is -2.49. The number of hydrogen-bond donors (Lipinski definition) is 3. The average Bonchev–Trinajstić information content (AvgIpc) is 2.97. The number of nitrogens with zero attached hydrogens (tertiary/aromatic N) is 4. The number of rotatable bonds is 6. The molecular formula is C18H20Br2N6O. The zero-order valence-corrected chi connectivity index (χ0v) is 17.8. The predicted molar refractivity (Wildman–Crippen MR) is 108 cm³/mol. The molecule has 0 amide bonds. The van der Waals surface area contributed by atoms with E-state index in [-0.39, 0.29) is 34.0 Å². The van der Waals surface area contributed by atoms with Crippen LogP contribution in [0.3, 0.4) is 0 Å². The van der Waals surface area contributed by atoms with Crippen molar-refractivity contribution in [3.05, 3.63) is 71.7 Å². The van der Waals surface area contributed by atoms with Crippen molar-refractivity contribution in [1.82, 2.24) is 15.6 Å². The lowest BCUT2D eigenvalue weighted by Gasteiger charge is -1.96. The summed E-state index contributed by atoms with van der Waals surface area (Å²) in [5.74, 6) is 0. The van der Waals surface area contributed by atoms with Crippen LogP contribution >= 0.6 is 17.0 Å². The topological polar surface area (TPSA) is 78.0 Å². The molecule has 0 unspecified atom stereocenters.